The van der Waals surface area contributed by atoms with Gasteiger partial charge in [0.2, 0.25) is 0 Å². The third-order valence-electron chi connectivity index (χ3n) is 3.66. The summed E-state index contributed by atoms with van der Waals surface area (Å²) in [5, 5.41) is 5.77. The lowest BCUT2D eigenvalue weighted by Crippen LogP contribution is -2.09. The fraction of sp³-hybridized carbons (Fsp3) is 0.158. The minimum absolute atomic E-state index is 0.272. The number of nitrogens with two attached hydrogens (primary N) is 1. The van der Waals surface area contributed by atoms with Gasteiger partial charge in [0, 0.05) is 10.8 Å². The van der Waals surface area contributed by atoms with E-state index in [9.17, 15) is 4.79 Å². The molecular weight excluding hydrogens is 370 g/mol. The van der Waals surface area contributed by atoms with Crippen molar-refractivity contribution in [2.24, 2.45) is 0 Å². The molecule has 0 saturated heterocycles. The molecule has 26 heavy (non-hydrogen) atoms. The van der Waals surface area contributed by atoms with Gasteiger partial charge >= 0.3 is 5.97 Å². The highest BCUT2D eigenvalue weighted by atomic mass is 35.5. The predicted molar refractivity (Wildman–Crippen MR) is 105 cm³/mol. The van der Waals surface area contributed by atoms with Gasteiger partial charge in [-0.05, 0) is 36.8 Å². The van der Waals surface area contributed by atoms with Crippen LogP contribution in [0.5, 0.6) is 0 Å². The molecule has 0 aliphatic rings. The first-order valence-electron chi connectivity index (χ1n) is 8.08. The highest BCUT2D eigenvalue weighted by molar-refractivity contribution is 7.98. The van der Waals surface area contributed by atoms with Crippen LogP contribution in [-0.2, 0) is 10.5 Å². The number of carbonyl (C=O) groups excluding carboxylic acids is 1. The maximum absolute atomic E-state index is 12.4. The number of carbonyl (C=O) groups is 1. The summed E-state index contributed by atoms with van der Waals surface area (Å²) < 4.78 is 6.73. The van der Waals surface area contributed by atoms with Crippen molar-refractivity contribution in [3.63, 3.8) is 0 Å². The molecule has 0 saturated carbocycles. The molecule has 2 N–H and O–H groups in total. The molecule has 3 aromatic rings. The Morgan fingerprint density at radius 3 is 2.54 bits per heavy atom. The van der Waals surface area contributed by atoms with E-state index in [4.69, 9.17) is 22.1 Å². The number of hydrogen-bond acceptors (Lipinski definition) is 5. The Kier molecular flexibility index (Phi) is 5.85. The fourth-order valence-corrected chi connectivity index (χ4v) is 3.50. The van der Waals surface area contributed by atoms with Crippen LogP contribution < -0.4 is 5.73 Å². The second kappa shape index (κ2) is 8.29. The summed E-state index contributed by atoms with van der Waals surface area (Å²) in [4.78, 5) is 12.4. The van der Waals surface area contributed by atoms with E-state index in [1.54, 1.807) is 11.6 Å². The van der Waals surface area contributed by atoms with Crippen molar-refractivity contribution in [3.8, 4) is 5.69 Å². The van der Waals surface area contributed by atoms with Crippen LogP contribution in [-0.4, -0.2) is 22.4 Å². The lowest BCUT2D eigenvalue weighted by Gasteiger charge is -2.04. The lowest BCUT2D eigenvalue weighted by atomic mass is 10.2. The SMILES string of the molecule is CCOC(=O)c1c(SCc2ccc(Cl)cc2)nn(-c2ccccc2)c1N. The summed E-state index contributed by atoms with van der Waals surface area (Å²) in [5.74, 6) is 0.438. The van der Waals surface area contributed by atoms with Crippen LogP contribution in [0.3, 0.4) is 0 Å². The summed E-state index contributed by atoms with van der Waals surface area (Å²) in [7, 11) is 0. The smallest absolute Gasteiger partial charge is 0.344 e. The van der Waals surface area contributed by atoms with Crippen molar-refractivity contribution in [2.75, 3.05) is 12.3 Å². The number of nitrogen functional groups attached to an aromatic ring is 1. The molecule has 3 rings (SSSR count). The van der Waals surface area contributed by atoms with E-state index in [-0.39, 0.29) is 12.4 Å². The van der Waals surface area contributed by atoms with Crippen LogP contribution >= 0.6 is 23.4 Å². The molecule has 0 aliphatic heterocycles. The van der Waals surface area contributed by atoms with E-state index in [1.807, 2.05) is 54.6 Å². The molecule has 0 radical (unpaired) electrons. The summed E-state index contributed by atoms with van der Waals surface area (Å²) in [5.41, 5.74) is 8.38. The molecule has 0 fully saturated rings. The third-order valence-corrected chi connectivity index (χ3v) is 4.95. The molecule has 2 aromatic carbocycles. The van der Waals surface area contributed by atoms with Gasteiger partial charge in [-0.1, -0.05) is 53.7 Å². The molecule has 0 unspecified atom stereocenters. The number of hydrogen-bond donors (Lipinski definition) is 1. The van der Waals surface area contributed by atoms with E-state index in [2.05, 4.69) is 5.10 Å². The lowest BCUT2D eigenvalue weighted by molar-refractivity contribution is 0.0523. The van der Waals surface area contributed by atoms with E-state index in [0.29, 0.717) is 21.4 Å². The van der Waals surface area contributed by atoms with Gasteiger partial charge in [0.25, 0.3) is 0 Å². The standard InChI is InChI=1S/C19H18ClN3O2S/c1-2-25-19(24)16-17(21)23(15-6-4-3-5-7-15)22-18(16)26-12-13-8-10-14(20)11-9-13/h3-11H,2,12,21H2,1H3. The molecular formula is C19H18ClN3O2S. The number of benzene rings is 2. The topological polar surface area (TPSA) is 70.1 Å². The summed E-state index contributed by atoms with van der Waals surface area (Å²) in [6.45, 7) is 2.03. The van der Waals surface area contributed by atoms with Gasteiger partial charge < -0.3 is 10.5 Å². The molecule has 134 valence electrons. The van der Waals surface area contributed by atoms with Gasteiger partial charge in [-0.15, -0.1) is 0 Å². The van der Waals surface area contributed by atoms with Gasteiger partial charge in [-0.3, -0.25) is 0 Å². The number of rotatable bonds is 6. The van der Waals surface area contributed by atoms with Crippen LogP contribution in [0.1, 0.15) is 22.8 Å². The summed E-state index contributed by atoms with van der Waals surface area (Å²) in [6.07, 6.45) is 0. The highest BCUT2D eigenvalue weighted by Crippen LogP contribution is 2.31. The maximum Gasteiger partial charge on any atom is 0.344 e. The highest BCUT2D eigenvalue weighted by Gasteiger charge is 2.24. The zero-order valence-corrected chi connectivity index (χ0v) is 15.8. The molecule has 5 nitrogen and oxygen atoms in total. The first-order chi connectivity index (χ1) is 12.6. The van der Waals surface area contributed by atoms with Gasteiger partial charge in [-0.25, -0.2) is 9.48 Å². The van der Waals surface area contributed by atoms with Crippen molar-refractivity contribution in [3.05, 3.63) is 70.7 Å². The van der Waals surface area contributed by atoms with Crippen LogP contribution in [0.15, 0.2) is 59.6 Å². The molecule has 0 spiro atoms. The van der Waals surface area contributed by atoms with Gasteiger partial charge in [-0.2, -0.15) is 5.10 Å². The molecule has 7 heteroatoms. The van der Waals surface area contributed by atoms with Crippen molar-refractivity contribution < 1.29 is 9.53 Å². The Hall–Kier alpha value is -2.44. The van der Waals surface area contributed by atoms with E-state index in [0.717, 1.165) is 11.3 Å². The largest absolute Gasteiger partial charge is 0.462 e. The maximum atomic E-state index is 12.4. The second-order valence-corrected chi connectivity index (χ2v) is 6.85. The number of thioether (sulfide) groups is 1. The number of halogens is 1. The first kappa shape index (κ1) is 18.4. The molecule has 1 aromatic heterocycles. The zero-order valence-electron chi connectivity index (χ0n) is 14.2. The molecule has 0 atom stereocenters. The quantitative estimate of drug-likeness (QED) is 0.495. The Balaban J connectivity index is 1.94. The Morgan fingerprint density at radius 1 is 1.19 bits per heavy atom. The van der Waals surface area contributed by atoms with Gasteiger partial charge in [0.05, 0.1) is 12.3 Å². The number of ether oxygens (including phenoxy) is 1. The number of anilines is 1. The minimum Gasteiger partial charge on any atom is -0.462 e. The van der Waals surface area contributed by atoms with Crippen molar-refractivity contribution in [2.45, 2.75) is 17.7 Å². The minimum atomic E-state index is -0.467. The second-order valence-electron chi connectivity index (χ2n) is 5.45. The van der Waals surface area contributed by atoms with Crippen LogP contribution in [0.4, 0.5) is 5.82 Å². The average Bonchev–Trinajstić information content (AvgIpc) is 2.98. The first-order valence-corrected chi connectivity index (χ1v) is 9.44. The average molecular weight is 388 g/mol. The van der Waals surface area contributed by atoms with Gasteiger partial charge in [0.1, 0.15) is 16.4 Å². The van der Waals surface area contributed by atoms with Gasteiger partial charge in [0.15, 0.2) is 0 Å². The third kappa shape index (κ3) is 4.03. The van der Waals surface area contributed by atoms with Crippen LogP contribution in [0, 0.1) is 0 Å². The number of nitrogens with zero attached hydrogens (tertiary/aromatic N) is 2. The normalized spacial score (nSPS) is 10.7. The molecule has 0 amide bonds. The number of esters is 1. The van der Waals surface area contributed by atoms with E-state index in [1.165, 1.54) is 11.8 Å². The number of para-hydroxylation sites is 1. The molecule has 1 heterocycles. The molecule has 0 bridgehead atoms. The summed E-state index contributed by atoms with van der Waals surface area (Å²) >= 11 is 7.36. The Labute approximate surface area is 161 Å². The fourth-order valence-electron chi connectivity index (χ4n) is 2.40. The number of aromatic nitrogens is 2. The van der Waals surface area contributed by atoms with Crippen molar-refractivity contribution >= 4 is 35.1 Å². The molecule has 0 aliphatic carbocycles. The summed E-state index contributed by atoms with van der Waals surface area (Å²) in [6, 6.07) is 17.0. The Morgan fingerprint density at radius 2 is 1.88 bits per heavy atom. The zero-order chi connectivity index (χ0) is 18.5. The monoisotopic (exact) mass is 387 g/mol. The predicted octanol–water partition coefficient (Wildman–Crippen LogP) is 4.58. The van der Waals surface area contributed by atoms with Crippen LogP contribution in [0.2, 0.25) is 5.02 Å². The van der Waals surface area contributed by atoms with Crippen molar-refractivity contribution in [1.82, 2.24) is 9.78 Å². The van der Waals surface area contributed by atoms with E-state index < -0.39 is 5.97 Å². The van der Waals surface area contributed by atoms with Crippen molar-refractivity contribution in [1.29, 1.82) is 0 Å². The Bertz CT molecular complexity index is 895. The van der Waals surface area contributed by atoms with Crippen LogP contribution in [0.25, 0.3) is 5.69 Å². The van der Waals surface area contributed by atoms with E-state index >= 15 is 0 Å².